The van der Waals surface area contributed by atoms with Crippen molar-refractivity contribution in [2.45, 2.75) is 6.92 Å². The number of nitrogens with one attached hydrogen (secondary N) is 2. The minimum absolute atomic E-state index is 0.0306. The number of aromatic nitrogens is 1. The largest absolute Gasteiger partial charge is 0.492 e. The Bertz CT molecular complexity index is 1250. The van der Waals surface area contributed by atoms with Gasteiger partial charge < -0.3 is 20.3 Å². The topological polar surface area (TPSA) is 90.3 Å². The van der Waals surface area contributed by atoms with Gasteiger partial charge in [0.05, 0.1) is 28.4 Å². The fraction of sp³-hybridized carbons (Fsp3) is 0.208. The lowest BCUT2D eigenvalue weighted by Gasteiger charge is -2.17. The second kappa shape index (κ2) is 10.7. The smallest absolute Gasteiger partial charge is 0.245 e. The summed E-state index contributed by atoms with van der Waals surface area (Å²) in [5.41, 5.74) is 2.55. The van der Waals surface area contributed by atoms with Crippen LogP contribution in [-0.2, 0) is 4.79 Å². The molecule has 3 aromatic rings. The maximum absolute atomic E-state index is 13.6. The zero-order chi connectivity index (χ0) is 24.0. The predicted octanol–water partition coefficient (Wildman–Crippen LogP) is 5.10. The number of rotatable bonds is 8. The van der Waals surface area contributed by atoms with E-state index in [1.54, 1.807) is 32.3 Å². The number of nitriles is 1. The lowest BCUT2D eigenvalue weighted by atomic mass is 10.1. The minimum Gasteiger partial charge on any atom is -0.492 e. The molecular formula is C24H23ClFN5O2. The van der Waals surface area contributed by atoms with Crippen molar-refractivity contribution in [2.24, 2.45) is 0 Å². The second-order valence-corrected chi connectivity index (χ2v) is 7.60. The van der Waals surface area contributed by atoms with Crippen LogP contribution in [0.15, 0.2) is 48.7 Å². The summed E-state index contributed by atoms with van der Waals surface area (Å²) in [5.74, 6) is -0.0674. The molecule has 0 fully saturated rings. The molecule has 0 saturated carbocycles. The molecule has 0 radical (unpaired) electrons. The second-order valence-electron chi connectivity index (χ2n) is 7.20. The van der Waals surface area contributed by atoms with Crippen molar-refractivity contribution in [3.05, 3.63) is 65.1 Å². The standard InChI is InChI=1S/C24H23ClFN5O2/c1-4-33-20-10-8-17-22(30-16-7-9-19(26)18(25)12-16)15(13-27)14-29-23(17)24(20)28-11-5-6-21(32)31(2)3/h5-10,12,14,28H,4,11H2,1-3H3,(H,29,30). The van der Waals surface area contributed by atoms with Crippen LogP contribution in [0, 0.1) is 17.1 Å². The molecule has 1 amide bonds. The molecule has 0 atom stereocenters. The number of anilines is 3. The summed E-state index contributed by atoms with van der Waals surface area (Å²) >= 11 is 5.91. The summed E-state index contributed by atoms with van der Waals surface area (Å²) in [6.07, 6.45) is 4.65. The fourth-order valence-corrected chi connectivity index (χ4v) is 3.28. The minimum atomic E-state index is -0.532. The molecule has 33 heavy (non-hydrogen) atoms. The Morgan fingerprint density at radius 1 is 1.30 bits per heavy atom. The number of hydrogen-bond donors (Lipinski definition) is 2. The molecule has 0 spiro atoms. The first-order valence-electron chi connectivity index (χ1n) is 10.2. The molecular weight excluding hydrogens is 445 g/mol. The number of carbonyl (C=O) groups is 1. The third-order valence-corrected chi connectivity index (χ3v) is 5.00. The highest BCUT2D eigenvalue weighted by molar-refractivity contribution is 6.31. The molecule has 0 bridgehead atoms. The Hall–Kier alpha value is -3.83. The molecule has 0 unspecified atom stereocenters. The van der Waals surface area contributed by atoms with E-state index in [1.165, 1.54) is 35.4 Å². The van der Waals surface area contributed by atoms with Crippen LogP contribution in [0.25, 0.3) is 10.9 Å². The van der Waals surface area contributed by atoms with Crippen molar-refractivity contribution in [1.29, 1.82) is 5.26 Å². The van der Waals surface area contributed by atoms with Gasteiger partial charge in [0.2, 0.25) is 5.91 Å². The van der Waals surface area contributed by atoms with Crippen molar-refractivity contribution in [3.8, 4) is 11.8 Å². The van der Waals surface area contributed by atoms with Crippen molar-refractivity contribution in [1.82, 2.24) is 9.88 Å². The molecule has 3 rings (SSSR count). The van der Waals surface area contributed by atoms with Gasteiger partial charge >= 0.3 is 0 Å². The number of likely N-dealkylation sites (N-methyl/N-ethyl adjacent to an activating group) is 1. The zero-order valence-electron chi connectivity index (χ0n) is 18.4. The van der Waals surface area contributed by atoms with Crippen LogP contribution in [0.1, 0.15) is 12.5 Å². The molecule has 1 aromatic heterocycles. The van der Waals surface area contributed by atoms with Crippen LogP contribution in [-0.4, -0.2) is 43.0 Å². The first kappa shape index (κ1) is 23.8. The van der Waals surface area contributed by atoms with E-state index in [-0.39, 0.29) is 10.9 Å². The number of fused-ring (bicyclic) bond motifs is 1. The molecule has 0 aliphatic rings. The lowest BCUT2D eigenvalue weighted by Crippen LogP contribution is -2.19. The summed E-state index contributed by atoms with van der Waals surface area (Å²) in [7, 11) is 3.36. The van der Waals surface area contributed by atoms with Crippen LogP contribution in [0.2, 0.25) is 5.02 Å². The highest BCUT2D eigenvalue weighted by Crippen LogP contribution is 2.38. The summed E-state index contributed by atoms with van der Waals surface area (Å²) in [6, 6.07) is 9.96. The number of ether oxygens (including phenoxy) is 1. The molecule has 7 nitrogen and oxygen atoms in total. The van der Waals surface area contributed by atoms with E-state index in [0.717, 1.165) is 0 Å². The van der Waals surface area contributed by atoms with Gasteiger partial charge in [-0.1, -0.05) is 17.7 Å². The highest BCUT2D eigenvalue weighted by Gasteiger charge is 2.16. The van der Waals surface area contributed by atoms with Crippen LogP contribution in [0.4, 0.5) is 21.5 Å². The number of pyridine rings is 1. The average Bonchev–Trinajstić information content (AvgIpc) is 2.80. The number of halogens is 2. The van der Waals surface area contributed by atoms with Crippen LogP contribution >= 0.6 is 11.6 Å². The van der Waals surface area contributed by atoms with E-state index in [0.29, 0.717) is 52.4 Å². The molecule has 0 aliphatic carbocycles. The quantitative estimate of drug-likeness (QED) is 0.448. The van der Waals surface area contributed by atoms with Crippen LogP contribution in [0.5, 0.6) is 5.75 Å². The summed E-state index contributed by atoms with van der Waals surface area (Å²) in [4.78, 5) is 17.7. The summed E-state index contributed by atoms with van der Waals surface area (Å²) in [5, 5.41) is 16.7. The van der Waals surface area contributed by atoms with Gasteiger partial charge in [-0.05, 0) is 37.3 Å². The summed E-state index contributed by atoms with van der Waals surface area (Å²) < 4.78 is 19.3. The van der Waals surface area contributed by atoms with Crippen LogP contribution in [0.3, 0.4) is 0 Å². The van der Waals surface area contributed by atoms with Crippen molar-refractivity contribution in [3.63, 3.8) is 0 Å². The Labute approximate surface area is 196 Å². The Kier molecular flexibility index (Phi) is 7.70. The van der Waals surface area contributed by atoms with E-state index in [9.17, 15) is 14.4 Å². The van der Waals surface area contributed by atoms with Gasteiger partial charge in [0.25, 0.3) is 0 Å². The number of hydrogen-bond acceptors (Lipinski definition) is 6. The number of carbonyl (C=O) groups excluding carboxylic acids is 1. The molecule has 9 heteroatoms. The Morgan fingerprint density at radius 2 is 2.09 bits per heavy atom. The monoisotopic (exact) mass is 467 g/mol. The predicted molar refractivity (Wildman–Crippen MR) is 129 cm³/mol. The molecule has 0 saturated heterocycles. The van der Waals surface area contributed by atoms with Crippen molar-refractivity contribution >= 4 is 45.5 Å². The molecule has 2 N–H and O–H groups in total. The van der Waals surface area contributed by atoms with E-state index >= 15 is 0 Å². The zero-order valence-corrected chi connectivity index (χ0v) is 19.2. The SMILES string of the molecule is CCOc1ccc2c(Nc3ccc(F)c(Cl)c3)c(C#N)cnc2c1NCC=CC(=O)N(C)C. The third kappa shape index (κ3) is 5.51. The highest BCUT2D eigenvalue weighted by atomic mass is 35.5. The first-order valence-corrected chi connectivity index (χ1v) is 10.6. The van der Waals surface area contributed by atoms with E-state index in [4.69, 9.17) is 16.3 Å². The fourth-order valence-electron chi connectivity index (χ4n) is 3.10. The van der Waals surface area contributed by atoms with E-state index in [2.05, 4.69) is 21.7 Å². The van der Waals surface area contributed by atoms with Crippen molar-refractivity contribution < 1.29 is 13.9 Å². The van der Waals surface area contributed by atoms with Gasteiger partial charge in [-0.25, -0.2) is 4.39 Å². The van der Waals surface area contributed by atoms with Crippen molar-refractivity contribution in [2.75, 3.05) is 37.9 Å². The van der Waals surface area contributed by atoms with Gasteiger partial charge in [0.1, 0.15) is 23.3 Å². The van der Waals surface area contributed by atoms with Gasteiger partial charge in [-0.3, -0.25) is 9.78 Å². The van der Waals surface area contributed by atoms with E-state index in [1.807, 2.05) is 6.92 Å². The number of nitrogens with zero attached hydrogens (tertiary/aromatic N) is 3. The Morgan fingerprint density at radius 3 is 2.76 bits per heavy atom. The summed E-state index contributed by atoms with van der Waals surface area (Å²) in [6.45, 7) is 2.68. The number of amides is 1. The van der Waals surface area contributed by atoms with Gasteiger partial charge in [-0.2, -0.15) is 5.26 Å². The molecule has 170 valence electrons. The lowest BCUT2D eigenvalue weighted by molar-refractivity contribution is -0.123. The van der Waals surface area contributed by atoms with Crippen LogP contribution < -0.4 is 15.4 Å². The average molecular weight is 468 g/mol. The normalized spacial score (nSPS) is 10.8. The molecule has 1 heterocycles. The molecule has 2 aromatic carbocycles. The Balaban J connectivity index is 2.05. The van der Waals surface area contributed by atoms with Gasteiger partial charge in [-0.15, -0.1) is 0 Å². The number of benzene rings is 2. The maximum Gasteiger partial charge on any atom is 0.245 e. The first-order chi connectivity index (χ1) is 15.8. The third-order valence-electron chi connectivity index (χ3n) is 4.71. The van der Waals surface area contributed by atoms with Gasteiger partial charge in [0, 0.05) is 44.0 Å². The van der Waals surface area contributed by atoms with Gasteiger partial charge in [0.15, 0.2) is 0 Å². The maximum atomic E-state index is 13.6. The van der Waals surface area contributed by atoms with E-state index < -0.39 is 5.82 Å². The molecule has 0 aliphatic heterocycles.